The second kappa shape index (κ2) is 5.39. The van der Waals surface area contributed by atoms with E-state index in [9.17, 15) is 23.7 Å². The molecule has 8 heteroatoms. The molecule has 0 saturated heterocycles. The molecule has 0 aliphatic heterocycles. The van der Waals surface area contributed by atoms with E-state index in [1.807, 2.05) is 0 Å². The van der Waals surface area contributed by atoms with Gasteiger partial charge in [0.25, 0.3) is 0 Å². The summed E-state index contributed by atoms with van der Waals surface area (Å²) >= 11 is 0. The van der Waals surface area contributed by atoms with Crippen LogP contribution in [0, 0.1) is 21.7 Å². The van der Waals surface area contributed by atoms with Crippen LogP contribution in [0.1, 0.15) is 6.92 Å². The molecule has 0 fully saturated rings. The average molecular weight is 261 g/mol. The number of nitro benzene ring substituents is 1. The van der Waals surface area contributed by atoms with Crippen molar-refractivity contribution in [3.8, 4) is 5.75 Å². The Morgan fingerprint density at radius 2 is 2.00 bits per heavy atom. The van der Waals surface area contributed by atoms with Crippen molar-refractivity contribution in [2.75, 3.05) is 7.11 Å². The summed E-state index contributed by atoms with van der Waals surface area (Å²) in [4.78, 5) is 20.3. The number of hydrogen-bond acceptors (Lipinski definition) is 5. The van der Waals surface area contributed by atoms with Crippen LogP contribution in [-0.2, 0) is 9.53 Å². The third-order valence-corrected chi connectivity index (χ3v) is 2.03. The van der Waals surface area contributed by atoms with Gasteiger partial charge in [0, 0.05) is 6.07 Å². The van der Waals surface area contributed by atoms with Gasteiger partial charge >= 0.3 is 11.7 Å². The molecule has 18 heavy (non-hydrogen) atoms. The number of benzene rings is 1. The molecule has 1 aromatic carbocycles. The standard InChI is InChI=1S/C10H9F2NO5/c1-5(10(14)17-2)18-9-4-6(11)8(13(15)16)3-7(9)12/h3-5H,1-2H3/t5-/m0/s1. The molecule has 1 aromatic rings. The van der Waals surface area contributed by atoms with E-state index in [-0.39, 0.29) is 0 Å². The van der Waals surface area contributed by atoms with Gasteiger partial charge in [0.15, 0.2) is 17.7 Å². The number of halogens is 2. The van der Waals surface area contributed by atoms with E-state index in [1.54, 1.807) is 0 Å². The fourth-order valence-electron chi connectivity index (χ4n) is 1.15. The minimum atomic E-state index is -1.26. The van der Waals surface area contributed by atoms with Crippen molar-refractivity contribution in [1.82, 2.24) is 0 Å². The third kappa shape index (κ3) is 2.90. The van der Waals surface area contributed by atoms with Crippen molar-refractivity contribution in [2.45, 2.75) is 13.0 Å². The van der Waals surface area contributed by atoms with Gasteiger partial charge < -0.3 is 9.47 Å². The van der Waals surface area contributed by atoms with Crippen molar-refractivity contribution in [3.05, 3.63) is 33.9 Å². The highest BCUT2D eigenvalue weighted by molar-refractivity contribution is 5.74. The highest BCUT2D eigenvalue weighted by Crippen LogP contribution is 2.27. The van der Waals surface area contributed by atoms with Crippen LogP contribution >= 0.6 is 0 Å². The maximum absolute atomic E-state index is 13.4. The lowest BCUT2D eigenvalue weighted by atomic mass is 10.2. The number of ether oxygens (including phenoxy) is 2. The second-order valence-electron chi connectivity index (χ2n) is 3.27. The van der Waals surface area contributed by atoms with Crippen molar-refractivity contribution < 1.29 is 28.0 Å². The topological polar surface area (TPSA) is 78.7 Å². The number of rotatable bonds is 4. The van der Waals surface area contributed by atoms with Gasteiger partial charge in [0.05, 0.1) is 18.1 Å². The van der Waals surface area contributed by atoms with Gasteiger partial charge in [-0.05, 0) is 6.92 Å². The molecular weight excluding hydrogens is 252 g/mol. The van der Waals surface area contributed by atoms with Crippen LogP contribution in [0.15, 0.2) is 12.1 Å². The number of esters is 1. The summed E-state index contributed by atoms with van der Waals surface area (Å²) in [6.07, 6.45) is -1.16. The van der Waals surface area contributed by atoms with E-state index in [2.05, 4.69) is 4.74 Å². The quantitative estimate of drug-likeness (QED) is 0.469. The van der Waals surface area contributed by atoms with Gasteiger partial charge in [-0.1, -0.05) is 0 Å². The summed E-state index contributed by atoms with van der Waals surface area (Å²) in [5.74, 6) is -3.78. The maximum atomic E-state index is 13.4. The van der Waals surface area contributed by atoms with E-state index in [0.717, 1.165) is 7.11 Å². The Hall–Kier alpha value is -2.25. The number of carbonyl (C=O) groups is 1. The van der Waals surface area contributed by atoms with Gasteiger partial charge in [-0.2, -0.15) is 4.39 Å². The van der Waals surface area contributed by atoms with Gasteiger partial charge in [0.2, 0.25) is 5.82 Å². The van der Waals surface area contributed by atoms with Crippen molar-refractivity contribution in [2.24, 2.45) is 0 Å². The Labute approximate surface area is 100 Å². The van der Waals surface area contributed by atoms with E-state index in [1.165, 1.54) is 6.92 Å². The number of hydrogen-bond donors (Lipinski definition) is 0. The van der Waals surface area contributed by atoms with Crippen molar-refractivity contribution in [1.29, 1.82) is 0 Å². The van der Waals surface area contributed by atoms with Crippen LogP contribution in [0.3, 0.4) is 0 Å². The summed E-state index contributed by atoms with van der Waals surface area (Å²) in [5, 5.41) is 10.3. The Morgan fingerprint density at radius 1 is 1.39 bits per heavy atom. The number of methoxy groups -OCH3 is 1. The Balaban J connectivity index is 3.02. The van der Waals surface area contributed by atoms with Gasteiger partial charge in [-0.25, -0.2) is 9.18 Å². The normalized spacial score (nSPS) is 11.8. The van der Waals surface area contributed by atoms with Crippen LogP contribution in [-0.4, -0.2) is 24.1 Å². The SMILES string of the molecule is COC(=O)[C@H](C)Oc1cc(F)c([N+](=O)[O-])cc1F. The summed E-state index contributed by atoms with van der Waals surface area (Å²) in [6, 6.07) is 0.890. The van der Waals surface area contributed by atoms with Crippen molar-refractivity contribution in [3.63, 3.8) is 0 Å². The first-order valence-electron chi connectivity index (χ1n) is 4.74. The molecule has 0 N–H and O–H groups in total. The lowest BCUT2D eigenvalue weighted by Gasteiger charge is -2.12. The van der Waals surface area contributed by atoms with Gasteiger partial charge in [0.1, 0.15) is 0 Å². The smallest absolute Gasteiger partial charge is 0.346 e. The summed E-state index contributed by atoms with van der Waals surface area (Å²) in [6.45, 7) is 1.27. The predicted molar refractivity (Wildman–Crippen MR) is 55.1 cm³/mol. The predicted octanol–water partition coefficient (Wildman–Crippen LogP) is 1.81. The molecule has 0 aromatic heterocycles. The first-order chi connectivity index (χ1) is 8.36. The molecule has 0 heterocycles. The molecule has 0 aliphatic carbocycles. The van der Waals surface area contributed by atoms with Crippen LogP contribution in [0.5, 0.6) is 5.75 Å². The molecule has 0 spiro atoms. The Kier molecular flexibility index (Phi) is 4.13. The largest absolute Gasteiger partial charge is 0.476 e. The lowest BCUT2D eigenvalue weighted by molar-refractivity contribution is -0.387. The van der Waals surface area contributed by atoms with Crippen molar-refractivity contribution >= 4 is 11.7 Å². The zero-order valence-electron chi connectivity index (χ0n) is 9.48. The molecular formula is C10H9F2NO5. The molecule has 0 bridgehead atoms. The van der Waals surface area contributed by atoms with Crippen LogP contribution < -0.4 is 4.74 Å². The zero-order valence-corrected chi connectivity index (χ0v) is 9.48. The first-order valence-corrected chi connectivity index (χ1v) is 4.74. The molecule has 0 amide bonds. The van der Waals surface area contributed by atoms with E-state index < -0.39 is 40.1 Å². The molecule has 0 saturated carbocycles. The zero-order chi connectivity index (χ0) is 13.9. The molecule has 0 radical (unpaired) electrons. The van der Waals surface area contributed by atoms with Crippen LogP contribution in [0.4, 0.5) is 14.5 Å². The van der Waals surface area contributed by atoms with E-state index >= 15 is 0 Å². The molecule has 1 rings (SSSR count). The Bertz CT molecular complexity index is 491. The first kappa shape index (κ1) is 13.8. The molecule has 0 unspecified atom stereocenters. The number of nitro groups is 1. The Morgan fingerprint density at radius 3 is 2.50 bits per heavy atom. The van der Waals surface area contributed by atoms with E-state index in [4.69, 9.17) is 4.74 Å². The highest BCUT2D eigenvalue weighted by Gasteiger charge is 2.22. The summed E-state index contributed by atoms with van der Waals surface area (Å²) in [5.41, 5.74) is -1.01. The fourth-order valence-corrected chi connectivity index (χ4v) is 1.15. The minimum absolute atomic E-state index is 0.384. The lowest BCUT2D eigenvalue weighted by Crippen LogP contribution is -2.25. The second-order valence-corrected chi connectivity index (χ2v) is 3.27. The molecule has 98 valence electrons. The van der Waals surface area contributed by atoms with Gasteiger partial charge in [-0.3, -0.25) is 10.1 Å². The average Bonchev–Trinajstić information content (AvgIpc) is 2.31. The fraction of sp³-hybridized carbons (Fsp3) is 0.300. The number of nitrogens with zero attached hydrogens (tertiary/aromatic N) is 1. The summed E-state index contributed by atoms with van der Waals surface area (Å²) < 4.78 is 35.7. The van der Waals surface area contributed by atoms with Gasteiger partial charge in [-0.15, -0.1) is 0 Å². The molecule has 1 atom stereocenters. The third-order valence-electron chi connectivity index (χ3n) is 2.03. The minimum Gasteiger partial charge on any atom is -0.476 e. The maximum Gasteiger partial charge on any atom is 0.346 e. The van der Waals surface area contributed by atoms with Crippen LogP contribution in [0.25, 0.3) is 0 Å². The monoisotopic (exact) mass is 261 g/mol. The van der Waals surface area contributed by atoms with E-state index in [0.29, 0.717) is 12.1 Å². The van der Waals surface area contributed by atoms with Crippen LogP contribution in [0.2, 0.25) is 0 Å². The number of carbonyl (C=O) groups excluding carboxylic acids is 1. The molecule has 6 nitrogen and oxygen atoms in total. The highest BCUT2D eigenvalue weighted by atomic mass is 19.1. The summed E-state index contributed by atoms with van der Waals surface area (Å²) in [7, 11) is 1.11. The molecule has 0 aliphatic rings.